The van der Waals surface area contributed by atoms with Crippen LogP contribution in [0.4, 0.5) is 0 Å². The highest BCUT2D eigenvalue weighted by molar-refractivity contribution is 5.85. The number of aliphatic hydroxyl groups is 2. The SMILES string of the molecule is CC(=CCC(O)CCO)C(=O)O. The fourth-order valence-electron chi connectivity index (χ4n) is 0.667. The molecule has 0 fully saturated rings. The molecule has 1 atom stereocenters. The Labute approximate surface area is 71.1 Å². The van der Waals surface area contributed by atoms with E-state index in [0.717, 1.165) is 0 Å². The van der Waals surface area contributed by atoms with E-state index >= 15 is 0 Å². The zero-order chi connectivity index (χ0) is 9.56. The Balaban J connectivity index is 3.79. The number of hydrogen-bond acceptors (Lipinski definition) is 3. The van der Waals surface area contributed by atoms with Gasteiger partial charge in [0.15, 0.2) is 0 Å². The van der Waals surface area contributed by atoms with Gasteiger partial charge in [0, 0.05) is 12.2 Å². The van der Waals surface area contributed by atoms with Crippen molar-refractivity contribution in [2.75, 3.05) is 6.61 Å². The monoisotopic (exact) mass is 174 g/mol. The molecular weight excluding hydrogens is 160 g/mol. The number of aliphatic carboxylic acids is 1. The van der Waals surface area contributed by atoms with Crippen LogP contribution in [0.3, 0.4) is 0 Å². The van der Waals surface area contributed by atoms with E-state index in [-0.39, 0.29) is 25.0 Å². The second kappa shape index (κ2) is 5.74. The molecule has 0 spiro atoms. The van der Waals surface area contributed by atoms with Crippen LogP contribution in [0.5, 0.6) is 0 Å². The van der Waals surface area contributed by atoms with Crippen molar-refractivity contribution in [3.63, 3.8) is 0 Å². The highest BCUT2D eigenvalue weighted by atomic mass is 16.4. The summed E-state index contributed by atoms with van der Waals surface area (Å²) in [5.41, 5.74) is 0.215. The summed E-state index contributed by atoms with van der Waals surface area (Å²) in [6.07, 6.45) is 1.36. The lowest BCUT2D eigenvalue weighted by Crippen LogP contribution is -2.08. The maximum atomic E-state index is 10.3. The molecule has 4 heteroatoms. The van der Waals surface area contributed by atoms with E-state index in [1.807, 2.05) is 0 Å². The molecule has 0 saturated carbocycles. The van der Waals surface area contributed by atoms with Crippen molar-refractivity contribution in [2.24, 2.45) is 0 Å². The van der Waals surface area contributed by atoms with Crippen LogP contribution < -0.4 is 0 Å². The Morgan fingerprint density at radius 3 is 2.58 bits per heavy atom. The molecule has 1 unspecified atom stereocenters. The Kier molecular flexibility index (Phi) is 5.32. The van der Waals surface area contributed by atoms with Gasteiger partial charge in [-0.25, -0.2) is 4.79 Å². The third-order valence-corrected chi connectivity index (χ3v) is 1.50. The summed E-state index contributed by atoms with van der Waals surface area (Å²) in [5, 5.41) is 25.9. The van der Waals surface area contributed by atoms with Gasteiger partial charge >= 0.3 is 5.97 Å². The number of aliphatic hydroxyl groups excluding tert-OH is 2. The number of carboxylic acid groups (broad SMARTS) is 1. The smallest absolute Gasteiger partial charge is 0.330 e. The fourth-order valence-corrected chi connectivity index (χ4v) is 0.667. The van der Waals surface area contributed by atoms with Crippen LogP contribution in [0.2, 0.25) is 0 Å². The van der Waals surface area contributed by atoms with E-state index in [1.54, 1.807) is 0 Å². The molecule has 0 aliphatic heterocycles. The molecular formula is C8H14O4. The van der Waals surface area contributed by atoms with Crippen LogP contribution in [-0.2, 0) is 4.79 Å². The maximum absolute atomic E-state index is 10.3. The lowest BCUT2D eigenvalue weighted by Gasteiger charge is -2.04. The molecule has 0 rings (SSSR count). The van der Waals surface area contributed by atoms with Gasteiger partial charge in [-0.2, -0.15) is 0 Å². The van der Waals surface area contributed by atoms with Gasteiger partial charge in [-0.3, -0.25) is 0 Å². The Hall–Kier alpha value is -0.870. The molecule has 0 aromatic rings. The highest BCUT2D eigenvalue weighted by Crippen LogP contribution is 2.02. The maximum Gasteiger partial charge on any atom is 0.330 e. The van der Waals surface area contributed by atoms with Crippen molar-refractivity contribution in [1.29, 1.82) is 0 Å². The first-order valence-electron chi connectivity index (χ1n) is 3.77. The van der Waals surface area contributed by atoms with Gasteiger partial charge in [0.25, 0.3) is 0 Å². The molecule has 70 valence electrons. The standard InChI is InChI=1S/C8H14O4/c1-6(8(11)12)2-3-7(10)4-5-9/h2,7,9-10H,3-5H2,1H3,(H,11,12). The lowest BCUT2D eigenvalue weighted by atomic mass is 10.1. The quantitative estimate of drug-likeness (QED) is 0.518. The van der Waals surface area contributed by atoms with Gasteiger partial charge in [0.1, 0.15) is 0 Å². The molecule has 0 heterocycles. The second-order valence-electron chi connectivity index (χ2n) is 2.59. The number of carboxylic acids is 1. The molecule has 0 aromatic carbocycles. The molecule has 0 saturated heterocycles. The van der Waals surface area contributed by atoms with Gasteiger partial charge in [-0.15, -0.1) is 0 Å². The minimum atomic E-state index is -0.980. The summed E-state index contributed by atoms with van der Waals surface area (Å²) >= 11 is 0. The van der Waals surface area contributed by atoms with Crippen LogP contribution in [0.25, 0.3) is 0 Å². The van der Waals surface area contributed by atoms with E-state index < -0.39 is 12.1 Å². The first-order chi connectivity index (χ1) is 5.57. The average Bonchev–Trinajstić information content (AvgIpc) is 2.00. The van der Waals surface area contributed by atoms with E-state index in [1.165, 1.54) is 13.0 Å². The normalized spacial score (nSPS) is 14.4. The molecule has 12 heavy (non-hydrogen) atoms. The zero-order valence-corrected chi connectivity index (χ0v) is 7.03. The summed E-state index contributed by atoms with van der Waals surface area (Å²) < 4.78 is 0. The summed E-state index contributed by atoms with van der Waals surface area (Å²) in [6.45, 7) is 1.38. The van der Waals surface area contributed by atoms with Crippen molar-refractivity contribution in [3.8, 4) is 0 Å². The van der Waals surface area contributed by atoms with E-state index in [0.29, 0.717) is 0 Å². The minimum absolute atomic E-state index is 0.0822. The number of hydrogen-bond donors (Lipinski definition) is 3. The Morgan fingerprint density at radius 1 is 1.58 bits per heavy atom. The predicted molar refractivity (Wildman–Crippen MR) is 43.7 cm³/mol. The molecule has 0 aromatic heterocycles. The molecule has 0 aliphatic rings. The lowest BCUT2D eigenvalue weighted by molar-refractivity contribution is -0.132. The van der Waals surface area contributed by atoms with Crippen LogP contribution in [0.15, 0.2) is 11.6 Å². The zero-order valence-electron chi connectivity index (χ0n) is 7.03. The summed E-state index contributed by atoms with van der Waals surface area (Å²) in [6, 6.07) is 0. The Bertz CT molecular complexity index is 174. The fraction of sp³-hybridized carbons (Fsp3) is 0.625. The Morgan fingerprint density at radius 2 is 2.17 bits per heavy atom. The van der Waals surface area contributed by atoms with Crippen LogP contribution in [-0.4, -0.2) is 34.0 Å². The predicted octanol–water partition coefficient (Wildman–Crippen LogP) is 0.151. The van der Waals surface area contributed by atoms with E-state index in [9.17, 15) is 4.79 Å². The topological polar surface area (TPSA) is 77.8 Å². The van der Waals surface area contributed by atoms with Crippen molar-refractivity contribution >= 4 is 5.97 Å². The van der Waals surface area contributed by atoms with Gasteiger partial charge in [-0.1, -0.05) is 6.08 Å². The highest BCUT2D eigenvalue weighted by Gasteiger charge is 2.03. The number of rotatable bonds is 5. The van der Waals surface area contributed by atoms with Crippen molar-refractivity contribution in [3.05, 3.63) is 11.6 Å². The van der Waals surface area contributed by atoms with Gasteiger partial charge < -0.3 is 15.3 Å². The van der Waals surface area contributed by atoms with Crippen LogP contribution in [0, 0.1) is 0 Å². The van der Waals surface area contributed by atoms with Crippen molar-refractivity contribution in [1.82, 2.24) is 0 Å². The van der Waals surface area contributed by atoms with E-state index in [4.69, 9.17) is 15.3 Å². The molecule has 0 bridgehead atoms. The average molecular weight is 174 g/mol. The minimum Gasteiger partial charge on any atom is -0.478 e. The molecule has 0 amide bonds. The molecule has 0 aliphatic carbocycles. The van der Waals surface area contributed by atoms with Gasteiger partial charge in [-0.05, 0) is 19.8 Å². The third kappa shape index (κ3) is 4.87. The first-order valence-corrected chi connectivity index (χ1v) is 3.77. The summed E-state index contributed by atoms with van der Waals surface area (Å²) in [4.78, 5) is 10.3. The summed E-state index contributed by atoms with van der Waals surface area (Å²) in [7, 11) is 0. The second-order valence-corrected chi connectivity index (χ2v) is 2.59. The van der Waals surface area contributed by atoms with Crippen molar-refractivity contribution < 1.29 is 20.1 Å². The van der Waals surface area contributed by atoms with E-state index in [2.05, 4.69) is 0 Å². The van der Waals surface area contributed by atoms with Crippen LogP contribution >= 0.6 is 0 Å². The first kappa shape index (κ1) is 11.1. The van der Waals surface area contributed by atoms with Crippen LogP contribution in [0.1, 0.15) is 19.8 Å². The number of carbonyl (C=O) groups is 1. The van der Waals surface area contributed by atoms with Crippen molar-refractivity contribution in [2.45, 2.75) is 25.9 Å². The molecule has 0 radical (unpaired) electrons. The third-order valence-electron chi connectivity index (χ3n) is 1.50. The van der Waals surface area contributed by atoms with Gasteiger partial charge in [0.05, 0.1) is 6.10 Å². The molecule has 3 N–H and O–H groups in total. The molecule has 4 nitrogen and oxygen atoms in total. The largest absolute Gasteiger partial charge is 0.478 e. The van der Waals surface area contributed by atoms with Gasteiger partial charge in [0.2, 0.25) is 0 Å². The summed E-state index contributed by atoms with van der Waals surface area (Å²) in [5.74, 6) is -0.980.